The lowest BCUT2D eigenvalue weighted by Crippen LogP contribution is -2.40. The maximum Gasteiger partial charge on any atom is 0.246 e. The molecule has 2 atom stereocenters. The van der Waals surface area contributed by atoms with Gasteiger partial charge in [0.05, 0.1) is 18.0 Å². The highest BCUT2D eigenvalue weighted by Gasteiger charge is 2.28. The number of fused-ring (bicyclic) bond motifs is 1. The number of likely N-dealkylation sites (tertiary alicyclic amines) is 1. The number of nitrogens with two attached hydrogens (primary N) is 1. The molecule has 0 aliphatic carbocycles. The number of nitrogens with zero attached hydrogens (tertiary/aromatic N) is 6. The van der Waals surface area contributed by atoms with E-state index in [1.165, 1.54) is 6.33 Å². The van der Waals surface area contributed by atoms with E-state index in [0.717, 1.165) is 62.6 Å². The van der Waals surface area contributed by atoms with Gasteiger partial charge in [-0.15, -0.1) is 0 Å². The number of aromatic nitrogens is 4. The molecule has 10 heteroatoms. The summed E-state index contributed by atoms with van der Waals surface area (Å²) in [5, 5.41) is 5.71. The van der Waals surface area contributed by atoms with Crippen molar-refractivity contribution in [3.63, 3.8) is 0 Å². The number of hydrogen-bond acceptors (Lipinski definition) is 8. The second-order valence-electron chi connectivity index (χ2n) is 10.6. The number of likely N-dealkylation sites (N-methyl/N-ethyl adjacent to an activating group) is 1. The lowest BCUT2D eigenvalue weighted by atomic mass is 10.1. The zero-order valence-corrected chi connectivity index (χ0v) is 23.2. The lowest BCUT2D eigenvalue weighted by Gasteiger charge is -2.32. The van der Waals surface area contributed by atoms with E-state index in [1.807, 2.05) is 70.3 Å². The molecule has 2 aromatic carbocycles. The van der Waals surface area contributed by atoms with E-state index < -0.39 is 0 Å². The summed E-state index contributed by atoms with van der Waals surface area (Å²) in [5.74, 6) is 1.90. The van der Waals surface area contributed by atoms with Crippen molar-refractivity contribution in [1.82, 2.24) is 29.5 Å². The van der Waals surface area contributed by atoms with Crippen LogP contribution in [-0.2, 0) is 9.53 Å². The Morgan fingerprint density at radius 3 is 2.71 bits per heavy atom. The van der Waals surface area contributed by atoms with Crippen LogP contribution in [0.25, 0.3) is 22.3 Å². The van der Waals surface area contributed by atoms with Crippen LogP contribution in [-0.4, -0.2) is 81.4 Å². The summed E-state index contributed by atoms with van der Waals surface area (Å²) in [5.41, 5.74) is 8.63. The Morgan fingerprint density at radius 1 is 1.12 bits per heavy atom. The number of anilines is 1. The Bertz CT molecular complexity index is 1510. The summed E-state index contributed by atoms with van der Waals surface area (Å²) >= 11 is 0. The number of para-hydroxylation sites is 1. The molecular weight excluding hydrogens is 518 g/mol. The molecule has 0 spiro atoms. The number of amides is 1. The summed E-state index contributed by atoms with van der Waals surface area (Å²) in [7, 11) is 2.07. The largest absolute Gasteiger partial charge is 0.457 e. The number of carbonyl (C=O) groups is 1. The zero-order chi connectivity index (χ0) is 28.2. The molecule has 6 rings (SSSR count). The number of carbonyl (C=O) groups excluding carboxylic acids is 1. The fourth-order valence-electron chi connectivity index (χ4n) is 5.56. The maximum atomic E-state index is 13.1. The summed E-state index contributed by atoms with van der Waals surface area (Å²) in [6, 6.07) is 17.8. The quantitative estimate of drug-likeness (QED) is 0.322. The van der Waals surface area contributed by atoms with Crippen molar-refractivity contribution in [3.05, 3.63) is 73.1 Å². The molecule has 0 saturated carbocycles. The molecule has 4 heterocycles. The van der Waals surface area contributed by atoms with Crippen molar-refractivity contribution in [2.75, 3.05) is 45.6 Å². The smallest absolute Gasteiger partial charge is 0.246 e. The van der Waals surface area contributed by atoms with Crippen LogP contribution in [0.2, 0.25) is 0 Å². The Hall–Kier alpha value is -4.28. The van der Waals surface area contributed by atoms with E-state index >= 15 is 0 Å². The molecule has 2 N–H and O–H groups in total. The highest BCUT2D eigenvalue weighted by molar-refractivity contribution is 5.98. The predicted molar refractivity (Wildman–Crippen MR) is 158 cm³/mol. The van der Waals surface area contributed by atoms with E-state index in [1.54, 1.807) is 6.08 Å². The molecule has 41 heavy (non-hydrogen) atoms. The van der Waals surface area contributed by atoms with Gasteiger partial charge in [0.1, 0.15) is 29.3 Å². The first-order valence-electron chi connectivity index (χ1n) is 14.1. The van der Waals surface area contributed by atoms with Gasteiger partial charge in [-0.3, -0.25) is 9.69 Å². The van der Waals surface area contributed by atoms with Crippen LogP contribution >= 0.6 is 0 Å². The van der Waals surface area contributed by atoms with Gasteiger partial charge < -0.3 is 20.1 Å². The minimum Gasteiger partial charge on any atom is -0.457 e. The molecule has 0 bridgehead atoms. The fraction of sp³-hybridized carbons (Fsp3) is 0.355. The number of benzene rings is 2. The van der Waals surface area contributed by atoms with Gasteiger partial charge in [0, 0.05) is 43.9 Å². The zero-order valence-electron chi connectivity index (χ0n) is 23.2. The number of nitrogen functional groups attached to an aromatic ring is 1. The number of piperidine rings is 1. The highest BCUT2D eigenvalue weighted by Crippen LogP contribution is 2.35. The average molecular weight is 554 g/mol. The van der Waals surface area contributed by atoms with Crippen molar-refractivity contribution in [2.24, 2.45) is 0 Å². The molecule has 2 aromatic heterocycles. The van der Waals surface area contributed by atoms with Gasteiger partial charge in [0.2, 0.25) is 5.91 Å². The monoisotopic (exact) mass is 553 g/mol. The normalized spacial score (nSPS) is 19.4. The second-order valence-corrected chi connectivity index (χ2v) is 10.6. The Morgan fingerprint density at radius 2 is 1.93 bits per heavy atom. The first-order chi connectivity index (χ1) is 20.1. The Labute approximate surface area is 239 Å². The summed E-state index contributed by atoms with van der Waals surface area (Å²) in [6.07, 6.45) is 7.92. The predicted octanol–water partition coefficient (Wildman–Crippen LogP) is 4.31. The van der Waals surface area contributed by atoms with Gasteiger partial charge in [-0.2, -0.15) is 5.10 Å². The van der Waals surface area contributed by atoms with Gasteiger partial charge in [0.25, 0.3) is 0 Å². The standard InChI is InChI=1S/C31H35N7O3/c1-36(24-15-18-40-20-24)16-6-10-27(39)37-17-5-7-23(19-37)38-31-28(30(32)33-21-34-31)29(35-38)22-11-13-26(14-12-22)41-25-8-3-2-4-9-25/h2-4,6,8-14,21,23-24H,5,7,15-20H2,1H3,(H2,32,33,34)/b10-6+/t23-,24?/m1/s1. The van der Waals surface area contributed by atoms with Crippen molar-refractivity contribution in [3.8, 4) is 22.8 Å². The van der Waals surface area contributed by atoms with Crippen LogP contribution in [0.5, 0.6) is 11.5 Å². The summed E-state index contributed by atoms with van der Waals surface area (Å²) in [4.78, 5) is 26.0. The summed E-state index contributed by atoms with van der Waals surface area (Å²) in [6.45, 7) is 3.56. The number of rotatable bonds is 8. The van der Waals surface area contributed by atoms with Crippen LogP contribution in [0.4, 0.5) is 5.82 Å². The number of ether oxygens (including phenoxy) is 2. The number of hydrogen-bond donors (Lipinski definition) is 1. The summed E-state index contributed by atoms with van der Waals surface area (Å²) < 4.78 is 13.4. The van der Waals surface area contributed by atoms with Gasteiger partial charge >= 0.3 is 0 Å². The molecule has 4 aromatic rings. The third kappa shape index (κ3) is 5.94. The van der Waals surface area contributed by atoms with Crippen LogP contribution in [0.1, 0.15) is 25.3 Å². The Balaban J connectivity index is 1.20. The van der Waals surface area contributed by atoms with Gasteiger partial charge in [-0.1, -0.05) is 24.3 Å². The third-order valence-electron chi connectivity index (χ3n) is 7.86. The van der Waals surface area contributed by atoms with Gasteiger partial charge in [-0.25, -0.2) is 14.6 Å². The first kappa shape index (κ1) is 26.9. The lowest BCUT2D eigenvalue weighted by molar-refractivity contribution is -0.127. The van der Waals surface area contributed by atoms with Crippen LogP contribution < -0.4 is 10.5 Å². The van der Waals surface area contributed by atoms with E-state index in [9.17, 15) is 4.79 Å². The molecule has 1 amide bonds. The van der Waals surface area contributed by atoms with Crippen LogP contribution in [0.3, 0.4) is 0 Å². The van der Waals surface area contributed by atoms with E-state index in [4.69, 9.17) is 20.3 Å². The molecule has 10 nitrogen and oxygen atoms in total. The SMILES string of the molecule is CN(C/C=C/C(=O)N1CCC[C@@H](n2nc(-c3ccc(Oc4ccccc4)cc3)c3c(N)ncnc32)C1)C1CCOC1. The highest BCUT2D eigenvalue weighted by atomic mass is 16.5. The minimum absolute atomic E-state index is 0.0191. The molecule has 2 aliphatic heterocycles. The molecule has 212 valence electrons. The average Bonchev–Trinajstić information content (AvgIpc) is 3.68. The molecule has 2 fully saturated rings. The van der Waals surface area contributed by atoms with Crippen molar-refractivity contribution in [1.29, 1.82) is 0 Å². The Kier molecular flexibility index (Phi) is 7.93. The maximum absolute atomic E-state index is 13.1. The van der Waals surface area contributed by atoms with E-state index in [0.29, 0.717) is 35.1 Å². The molecule has 0 radical (unpaired) electrons. The fourth-order valence-corrected chi connectivity index (χ4v) is 5.56. The molecule has 1 unspecified atom stereocenters. The molecule has 2 aliphatic rings. The molecule has 2 saturated heterocycles. The van der Waals surface area contributed by atoms with Gasteiger partial charge in [-0.05, 0) is 62.7 Å². The van der Waals surface area contributed by atoms with Crippen molar-refractivity contribution < 1.29 is 14.3 Å². The van der Waals surface area contributed by atoms with Crippen LogP contribution in [0.15, 0.2) is 73.1 Å². The van der Waals surface area contributed by atoms with Crippen molar-refractivity contribution >= 4 is 22.8 Å². The van der Waals surface area contributed by atoms with E-state index in [2.05, 4.69) is 21.9 Å². The third-order valence-corrected chi connectivity index (χ3v) is 7.86. The van der Waals surface area contributed by atoms with Gasteiger partial charge in [0.15, 0.2) is 5.65 Å². The van der Waals surface area contributed by atoms with Crippen molar-refractivity contribution in [2.45, 2.75) is 31.3 Å². The van der Waals surface area contributed by atoms with E-state index in [-0.39, 0.29) is 11.9 Å². The first-order valence-corrected chi connectivity index (χ1v) is 14.1. The van der Waals surface area contributed by atoms with Crippen LogP contribution in [0, 0.1) is 0 Å². The minimum atomic E-state index is -0.0225. The topological polar surface area (TPSA) is 112 Å². The molecular formula is C31H35N7O3. The second kappa shape index (κ2) is 12.1.